The highest BCUT2D eigenvalue weighted by Gasteiger charge is 2.31. The molecular weight excluding hydrogens is 336 g/mol. The Kier molecular flexibility index (Phi) is 4.17. The van der Waals surface area contributed by atoms with Crippen molar-refractivity contribution in [1.29, 1.82) is 0 Å². The van der Waals surface area contributed by atoms with Crippen molar-refractivity contribution in [2.24, 2.45) is 5.10 Å². The molecule has 1 aliphatic rings. The quantitative estimate of drug-likeness (QED) is 0.813. The summed E-state index contributed by atoms with van der Waals surface area (Å²) in [5.74, 6) is -0.235. The van der Waals surface area contributed by atoms with E-state index in [1.165, 1.54) is 6.07 Å². The van der Waals surface area contributed by atoms with Gasteiger partial charge in [-0.3, -0.25) is 4.79 Å². The molecule has 2 aromatic rings. The number of hydrogen-bond donors (Lipinski definition) is 2. The average Bonchev–Trinajstić information content (AvgIpc) is 3.16. The molecule has 1 amide bonds. The zero-order valence-electron chi connectivity index (χ0n) is 12.8. The number of aromatic amines is 1. The van der Waals surface area contributed by atoms with Crippen LogP contribution in [0, 0.1) is 0 Å². The Bertz CT molecular complexity index is 846. The van der Waals surface area contributed by atoms with Crippen LogP contribution in [0.4, 0.5) is 5.95 Å². The number of aromatic nitrogens is 4. The Morgan fingerprint density at radius 1 is 1.46 bits per heavy atom. The smallest absolute Gasteiger partial charge is 0.293 e. The largest absolute Gasteiger partial charge is 0.503 e. The highest BCUT2D eigenvalue weighted by molar-refractivity contribution is 6.33. The molecule has 10 heteroatoms. The summed E-state index contributed by atoms with van der Waals surface area (Å²) in [4.78, 5) is 12.5. The Hall–Kier alpha value is -2.94. The van der Waals surface area contributed by atoms with Crippen molar-refractivity contribution in [1.82, 2.24) is 20.6 Å². The predicted octanol–water partition coefficient (Wildman–Crippen LogP) is 1.76. The second-order valence-electron chi connectivity index (χ2n) is 4.85. The summed E-state index contributed by atoms with van der Waals surface area (Å²) in [6, 6.07) is 3.12. The molecule has 2 heterocycles. The number of H-pyrrole nitrogens is 1. The lowest BCUT2D eigenvalue weighted by atomic mass is 10.1. The van der Waals surface area contributed by atoms with Crippen molar-refractivity contribution in [3.05, 3.63) is 28.3 Å². The number of halogens is 1. The summed E-state index contributed by atoms with van der Waals surface area (Å²) in [6.45, 7) is 3.85. The van der Waals surface area contributed by atoms with Crippen molar-refractivity contribution < 1.29 is 14.6 Å². The van der Waals surface area contributed by atoms with Crippen LogP contribution in [0.1, 0.15) is 19.4 Å². The summed E-state index contributed by atoms with van der Waals surface area (Å²) in [7, 11) is 0. The van der Waals surface area contributed by atoms with Gasteiger partial charge in [-0.05, 0) is 42.8 Å². The van der Waals surface area contributed by atoms with Crippen molar-refractivity contribution in [2.45, 2.75) is 13.8 Å². The molecule has 3 rings (SSSR count). The minimum Gasteiger partial charge on any atom is -0.503 e. The summed E-state index contributed by atoms with van der Waals surface area (Å²) in [5.41, 5.74) is 1.44. The molecule has 0 spiro atoms. The third-order valence-corrected chi connectivity index (χ3v) is 3.54. The number of rotatable bonds is 4. The molecular formula is C14H13ClN6O3. The number of nitrogens with zero attached hydrogens (tertiary/aromatic N) is 5. The number of hydrazone groups is 1. The number of amides is 1. The second-order valence-corrected chi connectivity index (χ2v) is 5.26. The topological polar surface area (TPSA) is 117 Å². The standard InChI is InChI=1S/C14H13ClN6O3/c1-3-24-11-6-8(5-10(15)12(11)22)4-9-7(2)18-21(13(9)23)14-16-19-20-17-14/h4-6,22H,3H2,1-2H3,(H,16,17,19,20)/b9-4-. The molecule has 1 aromatic carbocycles. The lowest BCUT2D eigenvalue weighted by molar-refractivity contribution is -0.114. The third kappa shape index (κ3) is 2.81. The SMILES string of the molecule is CCOc1cc(/C=C2\C(=O)N(c3nn[nH]n3)N=C2C)cc(Cl)c1O. The van der Waals surface area contributed by atoms with E-state index in [0.29, 0.717) is 23.5 Å². The molecule has 2 N–H and O–H groups in total. The van der Waals surface area contributed by atoms with E-state index in [9.17, 15) is 9.90 Å². The van der Waals surface area contributed by atoms with Gasteiger partial charge in [-0.2, -0.15) is 15.3 Å². The van der Waals surface area contributed by atoms with E-state index in [1.807, 2.05) is 0 Å². The number of anilines is 1. The first-order chi connectivity index (χ1) is 11.5. The molecule has 0 aliphatic carbocycles. The van der Waals surface area contributed by atoms with E-state index in [-0.39, 0.29) is 22.5 Å². The molecule has 0 unspecified atom stereocenters. The first kappa shape index (κ1) is 15.9. The van der Waals surface area contributed by atoms with Crippen LogP contribution in [0.2, 0.25) is 5.02 Å². The fourth-order valence-electron chi connectivity index (χ4n) is 2.18. The van der Waals surface area contributed by atoms with Gasteiger partial charge in [-0.25, -0.2) is 0 Å². The number of benzene rings is 1. The Morgan fingerprint density at radius 3 is 2.92 bits per heavy atom. The van der Waals surface area contributed by atoms with Crippen LogP contribution in [-0.2, 0) is 4.79 Å². The molecule has 0 atom stereocenters. The monoisotopic (exact) mass is 348 g/mol. The maximum atomic E-state index is 12.5. The summed E-state index contributed by atoms with van der Waals surface area (Å²) >= 11 is 6.01. The predicted molar refractivity (Wildman–Crippen MR) is 87.0 cm³/mol. The number of carbonyl (C=O) groups is 1. The summed E-state index contributed by atoms with van der Waals surface area (Å²) in [5, 5.41) is 28.3. The molecule has 0 bridgehead atoms. The summed E-state index contributed by atoms with van der Waals surface area (Å²) in [6.07, 6.45) is 1.61. The molecule has 1 aromatic heterocycles. The van der Waals surface area contributed by atoms with E-state index in [1.54, 1.807) is 26.0 Å². The van der Waals surface area contributed by atoms with Crippen molar-refractivity contribution in [3.63, 3.8) is 0 Å². The Morgan fingerprint density at radius 2 is 2.25 bits per heavy atom. The van der Waals surface area contributed by atoms with Gasteiger partial charge in [0, 0.05) is 0 Å². The van der Waals surface area contributed by atoms with Gasteiger partial charge < -0.3 is 9.84 Å². The highest BCUT2D eigenvalue weighted by Crippen LogP contribution is 2.36. The number of phenolic OH excluding ortho intramolecular Hbond substituents is 1. The molecule has 124 valence electrons. The molecule has 9 nitrogen and oxygen atoms in total. The normalized spacial score (nSPS) is 16.0. The minimum absolute atomic E-state index is 0.0569. The summed E-state index contributed by atoms with van der Waals surface area (Å²) < 4.78 is 5.33. The van der Waals surface area contributed by atoms with Gasteiger partial charge >= 0.3 is 0 Å². The highest BCUT2D eigenvalue weighted by atomic mass is 35.5. The van der Waals surface area contributed by atoms with Crippen LogP contribution < -0.4 is 9.75 Å². The van der Waals surface area contributed by atoms with Crippen LogP contribution in [0.3, 0.4) is 0 Å². The zero-order chi connectivity index (χ0) is 17.3. The van der Waals surface area contributed by atoms with Gasteiger partial charge in [-0.15, -0.1) is 5.10 Å². The van der Waals surface area contributed by atoms with Crippen LogP contribution >= 0.6 is 11.6 Å². The number of phenols is 1. The maximum absolute atomic E-state index is 12.5. The molecule has 24 heavy (non-hydrogen) atoms. The number of hydrogen-bond acceptors (Lipinski definition) is 7. The fourth-order valence-corrected chi connectivity index (χ4v) is 2.39. The van der Waals surface area contributed by atoms with E-state index in [4.69, 9.17) is 16.3 Å². The van der Waals surface area contributed by atoms with Crippen molar-refractivity contribution in [3.8, 4) is 11.5 Å². The van der Waals surface area contributed by atoms with E-state index >= 15 is 0 Å². The molecule has 1 aliphatic heterocycles. The average molecular weight is 349 g/mol. The number of nitrogens with one attached hydrogen (secondary N) is 1. The lowest BCUT2D eigenvalue weighted by Gasteiger charge is -2.09. The fraction of sp³-hybridized carbons (Fsp3) is 0.214. The van der Waals surface area contributed by atoms with Crippen LogP contribution in [0.25, 0.3) is 6.08 Å². The Labute approximate surface area is 141 Å². The van der Waals surface area contributed by atoms with E-state index in [2.05, 4.69) is 25.7 Å². The molecule has 0 radical (unpaired) electrons. The molecule has 0 saturated carbocycles. The van der Waals surface area contributed by atoms with Crippen LogP contribution in [0.5, 0.6) is 11.5 Å². The first-order valence-corrected chi connectivity index (χ1v) is 7.39. The van der Waals surface area contributed by atoms with Crippen molar-refractivity contribution >= 4 is 35.2 Å². The Balaban J connectivity index is 1.97. The van der Waals surface area contributed by atoms with Crippen LogP contribution in [0.15, 0.2) is 22.8 Å². The van der Waals surface area contributed by atoms with Crippen LogP contribution in [-0.4, -0.2) is 44.0 Å². The molecule has 0 saturated heterocycles. The number of ether oxygens (including phenoxy) is 1. The van der Waals surface area contributed by atoms with Gasteiger partial charge in [0.05, 0.1) is 22.9 Å². The van der Waals surface area contributed by atoms with Gasteiger partial charge in [0.15, 0.2) is 11.5 Å². The van der Waals surface area contributed by atoms with Gasteiger partial charge in [0.2, 0.25) is 0 Å². The zero-order valence-corrected chi connectivity index (χ0v) is 13.6. The van der Waals surface area contributed by atoms with E-state index < -0.39 is 5.91 Å². The van der Waals surface area contributed by atoms with Gasteiger partial charge in [0.25, 0.3) is 11.9 Å². The lowest BCUT2D eigenvalue weighted by Crippen LogP contribution is -2.22. The van der Waals surface area contributed by atoms with Crippen molar-refractivity contribution in [2.75, 3.05) is 11.6 Å². The minimum atomic E-state index is -0.393. The van der Waals surface area contributed by atoms with Gasteiger partial charge in [-0.1, -0.05) is 16.7 Å². The number of aromatic hydroxyl groups is 1. The van der Waals surface area contributed by atoms with E-state index in [0.717, 1.165) is 5.01 Å². The van der Waals surface area contributed by atoms with Gasteiger partial charge in [0.1, 0.15) is 0 Å². The first-order valence-electron chi connectivity index (χ1n) is 7.01. The third-order valence-electron chi connectivity index (χ3n) is 3.25. The number of tetrazole rings is 1. The maximum Gasteiger partial charge on any atom is 0.293 e. The number of carbonyl (C=O) groups excluding carboxylic acids is 1. The molecule has 0 fully saturated rings. The second kappa shape index (κ2) is 6.28.